The van der Waals surface area contributed by atoms with Gasteiger partial charge in [0.1, 0.15) is 0 Å². The average molecular weight is 333 g/mol. The summed E-state index contributed by atoms with van der Waals surface area (Å²) in [5, 5.41) is 14.0. The van der Waals surface area contributed by atoms with Crippen molar-refractivity contribution < 1.29 is 0 Å². The number of rotatable bonds is 5. The van der Waals surface area contributed by atoms with E-state index in [1.54, 1.807) is 11.8 Å². The van der Waals surface area contributed by atoms with Gasteiger partial charge >= 0.3 is 0 Å². The van der Waals surface area contributed by atoms with Crippen molar-refractivity contribution in [3.05, 3.63) is 78.0 Å². The Kier molecular flexibility index (Phi) is 4.20. The highest BCUT2D eigenvalue weighted by Crippen LogP contribution is 2.25. The van der Waals surface area contributed by atoms with Gasteiger partial charge in [0.2, 0.25) is 5.16 Å². The molecule has 0 amide bonds. The monoisotopic (exact) mass is 333 g/mol. The number of thioether (sulfide) groups is 1. The van der Waals surface area contributed by atoms with Crippen molar-refractivity contribution >= 4 is 22.7 Å². The van der Waals surface area contributed by atoms with Gasteiger partial charge in [0.25, 0.3) is 0 Å². The molecule has 0 aliphatic heterocycles. The number of aromatic nitrogens is 5. The number of fused-ring (bicyclic) bond motifs is 1. The van der Waals surface area contributed by atoms with E-state index in [-0.39, 0.29) is 0 Å². The predicted octanol–water partition coefficient (Wildman–Crippen LogP) is 3.56. The van der Waals surface area contributed by atoms with Gasteiger partial charge in [-0.05, 0) is 27.6 Å². The first-order valence-electron chi connectivity index (χ1n) is 7.66. The van der Waals surface area contributed by atoms with Gasteiger partial charge in [-0.25, -0.2) is 4.68 Å². The maximum absolute atomic E-state index is 4.50. The summed E-state index contributed by atoms with van der Waals surface area (Å²) in [4.78, 5) is 4.50. The average Bonchev–Trinajstić information content (AvgIpc) is 3.08. The van der Waals surface area contributed by atoms with E-state index in [1.807, 2.05) is 35.1 Å². The summed E-state index contributed by atoms with van der Waals surface area (Å²) in [5.41, 5.74) is 3.40. The lowest BCUT2D eigenvalue weighted by atomic mass is 10.1. The van der Waals surface area contributed by atoms with E-state index in [0.29, 0.717) is 6.54 Å². The van der Waals surface area contributed by atoms with Crippen molar-refractivity contribution in [2.24, 2.45) is 0 Å². The molecule has 0 saturated heterocycles. The van der Waals surface area contributed by atoms with Crippen LogP contribution in [0, 0.1) is 0 Å². The van der Waals surface area contributed by atoms with Gasteiger partial charge in [-0.15, -0.1) is 5.10 Å². The second-order valence-corrected chi connectivity index (χ2v) is 6.33. The third kappa shape index (κ3) is 3.14. The van der Waals surface area contributed by atoms with Crippen LogP contribution < -0.4 is 0 Å². The summed E-state index contributed by atoms with van der Waals surface area (Å²) in [6.45, 7) is 0.671. The molecule has 0 fully saturated rings. The number of benzene rings is 2. The molecule has 0 bridgehead atoms. The van der Waals surface area contributed by atoms with Crippen molar-refractivity contribution in [1.82, 2.24) is 25.2 Å². The molecule has 4 aromatic rings. The lowest BCUT2D eigenvalue weighted by Crippen LogP contribution is -2.03. The molecule has 0 aliphatic carbocycles. The van der Waals surface area contributed by atoms with Crippen LogP contribution in [0.25, 0.3) is 10.9 Å². The van der Waals surface area contributed by atoms with Crippen LogP contribution in [-0.2, 0) is 12.3 Å². The molecular formula is C18H15N5S. The van der Waals surface area contributed by atoms with Crippen molar-refractivity contribution in [2.75, 3.05) is 0 Å². The number of nitrogens with zero attached hydrogens (tertiary/aromatic N) is 5. The highest BCUT2D eigenvalue weighted by atomic mass is 32.2. The highest BCUT2D eigenvalue weighted by Gasteiger charge is 2.09. The Labute approximate surface area is 143 Å². The molecule has 0 radical (unpaired) electrons. The fourth-order valence-corrected chi connectivity index (χ4v) is 3.44. The van der Waals surface area contributed by atoms with Crippen LogP contribution in [0.1, 0.15) is 11.1 Å². The van der Waals surface area contributed by atoms with Crippen LogP contribution in [0.5, 0.6) is 0 Å². The first-order chi connectivity index (χ1) is 11.9. The van der Waals surface area contributed by atoms with E-state index >= 15 is 0 Å². The number of para-hydroxylation sites is 1. The molecule has 0 unspecified atom stereocenters. The van der Waals surface area contributed by atoms with E-state index in [1.165, 1.54) is 11.1 Å². The van der Waals surface area contributed by atoms with E-state index in [4.69, 9.17) is 0 Å². The number of hydrogen-bond donors (Lipinski definition) is 0. The zero-order valence-corrected chi connectivity index (χ0v) is 13.7. The van der Waals surface area contributed by atoms with Crippen LogP contribution in [0.2, 0.25) is 0 Å². The van der Waals surface area contributed by atoms with Crippen LogP contribution in [0.15, 0.2) is 72.0 Å². The maximum Gasteiger partial charge on any atom is 0.209 e. The van der Waals surface area contributed by atoms with Crippen LogP contribution in [0.4, 0.5) is 0 Å². The summed E-state index contributed by atoms with van der Waals surface area (Å²) < 4.78 is 1.83. The van der Waals surface area contributed by atoms with Crippen LogP contribution in [-0.4, -0.2) is 25.2 Å². The van der Waals surface area contributed by atoms with E-state index in [2.05, 4.69) is 56.9 Å². The van der Waals surface area contributed by atoms with E-state index in [9.17, 15) is 0 Å². The largest absolute Gasteiger partial charge is 0.256 e. The molecule has 5 nitrogen and oxygen atoms in total. The third-order valence-corrected chi connectivity index (χ3v) is 4.75. The molecule has 2 aromatic heterocycles. The molecule has 0 aliphatic rings. The minimum atomic E-state index is 0.671. The fourth-order valence-electron chi connectivity index (χ4n) is 2.58. The zero-order chi connectivity index (χ0) is 16.2. The predicted molar refractivity (Wildman–Crippen MR) is 94.7 cm³/mol. The van der Waals surface area contributed by atoms with E-state index in [0.717, 1.165) is 21.8 Å². The quantitative estimate of drug-likeness (QED) is 0.523. The molecule has 2 aromatic carbocycles. The van der Waals surface area contributed by atoms with Crippen molar-refractivity contribution in [1.29, 1.82) is 0 Å². The van der Waals surface area contributed by atoms with Gasteiger partial charge in [0.15, 0.2) is 0 Å². The van der Waals surface area contributed by atoms with Crippen LogP contribution >= 0.6 is 11.8 Å². The third-order valence-electron chi connectivity index (χ3n) is 3.75. The topological polar surface area (TPSA) is 56.5 Å². The van der Waals surface area contributed by atoms with Gasteiger partial charge in [-0.3, -0.25) is 4.98 Å². The second kappa shape index (κ2) is 6.80. The number of pyridine rings is 1. The van der Waals surface area contributed by atoms with Gasteiger partial charge in [0, 0.05) is 17.3 Å². The van der Waals surface area contributed by atoms with Gasteiger partial charge in [-0.2, -0.15) is 0 Å². The molecule has 0 saturated carbocycles. The standard InChI is InChI=1S/C18H15N5S/c1-2-6-14(7-3-1)12-23-18(20-21-22-23)24-13-16-9-4-8-15-10-5-11-19-17(15)16/h1-11H,12-13H2. The van der Waals surface area contributed by atoms with E-state index < -0.39 is 0 Å². The lowest BCUT2D eigenvalue weighted by Gasteiger charge is -2.06. The highest BCUT2D eigenvalue weighted by molar-refractivity contribution is 7.98. The second-order valence-electron chi connectivity index (χ2n) is 5.39. The minimum absolute atomic E-state index is 0.671. The number of tetrazole rings is 1. The van der Waals surface area contributed by atoms with Crippen molar-refractivity contribution in [2.45, 2.75) is 17.5 Å². The Morgan fingerprint density at radius 1 is 0.917 bits per heavy atom. The summed E-state index contributed by atoms with van der Waals surface area (Å²) in [5.74, 6) is 0.781. The molecule has 24 heavy (non-hydrogen) atoms. The summed E-state index contributed by atoms with van der Waals surface area (Å²) in [6.07, 6.45) is 1.83. The first kappa shape index (κ1) is 14.8. The summed E-state index contributed by atoms with van der Waals surface area (Å²) in [6, 6.07) is 20.5. The minimum Gasteiger partial charge on any atom is -0.256 e. The molecule has 6 heteroatoms. The molecular weight excluding hydrogens is 318 g/mol. The Morgan fingerprint density at radius 3 is 2.71 bits per heavy atom. The maximum atomic E-state index is 4.50. The molecule has 118 valence electrons. The molecule has 0 atom stereocenters. The Hall–Kier alpha value is -2.73. The smallest absolute Gasteiger partial charge is 0.209 e. The Bertz CT molecular complexity index is 946. The summed E-state index contributed by atoms with van der Waals surface area (Å²) >= 11 is 1.63. The number of hydrogen-bond acceptors (Lipinski definition) is 5. The zero-order valence-electron chi connectivity index (χ0n) is 12.9. The normalized spacial score (nSPS) is 11.0. The Balaban J connectivity index is 1.53. The molecule has 4 rings (SSSR count). The van der Waals surface area contributed by atoms with Crippen molar-refractivity contribution in [3.8, 4) is 0 Å². The van der Waals surface area contributed by atoms with Gasteiger partial charge < -0.3 is 0 Å². The van der Waals surface area contributed by atoms with Crippen LogP contribution in [0.3, 0.4) is 0 Å². The first-order valence-corrected chi connectivity index (χ1v) is 8.64. The summed E-state index contributed by atoms with van der Waals surface area (Å²) in [7, 11) is 0. The fraction of sp³-hybridized carbons (Fsp3) is 0.111. The Morgan fingerprint density at radius 2 is 1.79 bits per heavy atom. The SMILES string of the molecule is c1ccc(Cn2nnnc2SCc2cccc3cccnc23)cc1. The molecule has 2 heterocycles. The van der Waals surface area contributed by atoms with Gasteiger partial charge in [0.05, 0.1) is 12.1 Å². The molecule has 0 N–H and O–H groups in total. The molecule has 0 spiro atoms. The van der Waals surface area contributed by atoms with Crippen molar-refractivity contribution in [3.63, 3.8) is 0 Å². The lowest BCUT2D eigenvalue weighted by molar-refractivity contribution is 0.603. The van der Waals surface area contributed by atoms with Gasteiger partial charge in [-0.1, -0.05) is 66.4 Å².